The maximum atomic E-state index is 5.72. The first kappa shape index (κ1) is 16.4. The number of aromatic nitrogens is 1. The summed E-state index contributed by atoms with van der Waals surface area (Å²) in [5.74, 6) is 0.674. The molecular weight excluding hydrogens is 262 g/mol. The van der Waals surface area contributed by atoms with E-state index in [2.05, 4.69) is 49.2 Å². The summed E-state index contributed by atoms with van der Waals surface area (Å²) >= 11 is 0. The number of hydrogen-bond donors (Lipinski definition) is 1. The molecule has 0 aromatic carbocycles. The molecule has 1 aromatic rings. The Morgan fingerprint density at radius 2 is 2.19 bits per heavy atom. The predicted octanol–water partition coefficient (Wildman–Crippen LogP) is 2.44. The van der Waals surface area contributed by atoms with Crippen molar-refractivity contribution >= 4 is 0 Å². The van der Waals surface area contributed by atoms with Crippen molar-refractivity contribution in [3.05, 3.63) is 29.6 Å². The molecule has 0 radical (unpaired) electrons. The lowest BCUT2D eigenvalue weighted by Crippen LogP contribution is -2.41. The zero-order valence-corrected chi connectivity index (χ0v) is 13.6. The SMILES string of the molecule is CCC1CN(Cc2cccc(CNCC(C)C)n2)CCO1. The minimum atomic E-state index is 0.384. The third-order valence-electron chi connectivity index (χ3n) is 3.79. The van der Waals surface area contributed by atoms with Crippen LogP contribution in [0, 0.1) is 5.92 Å². The van der Waals surface area contributed by atoms with Crippen molar-refractivity contribution in [1.29, 1.82) is 0 Å². The highest BCUT2D eigenvalue weighted by Crippen LogP contribution is 2.11. The molecule has 1 saturated heterocycles. The first-order valence-corrected chi connectivity index (χ1v) is 8.17. The Labute approximate surface area is 128 Å². The van der Waals surface area contributed by atoms with Crippen molar-refractivity contribution in [3.8, 4) is 0 Å². The van der Waals surface area contributed by atoms with E-state index in [0.717, 1.165) is 57.1 Å². The quantitative estimate of drug-likeness (QED) is 0.837. The van der Waals surface area contributed by atoms with Gasteiger partial charge in [0.25, 0.3) is 0 Å². The molecule has 0 spiro atoms. The second-order valence-corrected chi connectivity index (χ2v) is 6.28. The highest BCUT2D eigenvalue weighted by Gasteiger charge is 2.19. The molecule has 1 fully saturated rings. The van der Waals surface area contributed by atoms with E-state index in [1.807, 2.05) is 0 Å². The summed E-state index contributed by atoms with van der Waals surface area (Å²) in [5, 5.41) is 3.45. The lowest BCUT2D eigenvalue weighted by molar-refractivity contribution is -0.0328. The smallest absolute Gasteiger partial charge is 0.0700 e. The van der Waals surface area contributed by atoms with Crippen molar-refractivity contribution < 1.29 is 4.74 Å². The molecule has 1 aliphatic rings. The van der Waals surface area contributed by atoms with Crippen LogP contribution in [0.3, 0.4) is 0 Å². The van der Waals surface area contributed by atoms with Gasteiger partial charge in [-0.3, -0.25) is 9.88 Å². The van der Waals surface area contributed by atoms with Gasteiger partial charge in [0, 0.05) is 26.2 Å². The predicted molar refractivity (Wildman–Crippen MR) is 86.1 cm³/mol. The number of nitrogens with zero attached hydrogens (tertiary/aromatic N) is 2. The van der Waals surface area contributed by atoms with Gasteiger partial charge in [0.05, 0.1) is 24.1 Å². The number of nitrogens with one attached hydrogen (secondary N) is 1. The molecule has 21 heavy (non-hydrogen) atoms. The van der Waals surface area contributed by atoms with Crippen molar-refractivity contribution in [1.82, 2.24) is 15.2 Å². The van der Waals surface area contributed by atoms with Crippen molar-refractivity contribution in [2.24, 2.45) is 5.92 Å². The summed E-state index contributed by atoms with van der Waals surface area (Å²) in [4.78, 5) is 7.22. The molecule has 0 aliphatic carbocycles. The molecule has 1 N–H and O–H groups in total. The summed E-state index contributed by atoms with van der Waals surface area (Å²) in [7, 11) is 0. The largest absolute Gasteiger partial charge is 0.376 e. The highest BCUT2D eigenvalue weighted by molar-refractivity contribution is 5.11. The van der Waals surface area contributed by atoms with E-state index in [1.165, 1.54) is 0 Å². The zero-order chi connectivity index (χ0) is 15.1. The van der Waals surface area contributed by atoms with E-state index in [1.54, 1.807) is 0 Å². The lowest BCUT2D eigenvalue weighted by Gasteiger charge is -2.32. The molecule has 1 unspecified atom stereocenters. The molecule has 1 aliphatic heterocycles. The van der Waals surface area contributed by atoms with Crippen LogP contribution in [0.25, 0.3) is 0 Å². The van der Waals surface area contributed by atoms with Gasteiger partial charge < -0.3 is 10.1 Å². The van der Waals surface area contributed by atoms with Crippen LogP contribution >= 0.6 is 0 Å². The Bertz CT molecular complexity index is 422. The molecular formula is C17H29N3O. The first-order valence-electron chi connectivity index (χ1n) is 8.17. The van der Waals surface area contributed by atoms with Gasteiger partial charge >= 0.3 is 0 Å². The van der Waals surface area contributed by atoms with Crippen molar-refractivity contribution in [2.75, 3.05) is 26.2 Å². The third-order valence-corrected chi connectivity index (χ3v) is 3.79. The second kappa shape index (κ2) is 8.47. The van der Waals surface area contributed by atoms with Crippen LogP contribution in [0.2, 0.25) is 0 Å². The molecule has 0 saturated carbocycles. The van der Waals surface area contributed by atoms with E-state index < -0.39 is 0 Å². The standard InChI is InChI=1S/C17H29N3O/c1-4-17-13-20(8-9-21-17)12-16-7-5-6-15(19-16)11-18-10-14(2)3/h5-7,14,17-18H,4,8-13H2,1-3H3. The average molecular weight is 291 g/mol. The fraction of sp³-hybridized carbons (Fsp3) is 0.706. The summed E-state index contributed by atoms with van der Waals surface area (Å²) in [6, 6.07) is 6.35. The van der Waals surface area contributed by atoms with Gasteiger partial charge in [-0.05, 0) is 31.0 Å². The first-order chi connectivity index (χ1) is 10.2. The molecule has 4 heteroatoms. The fourth-order valence-corrected chi connectivity index (χ4v) is 2.60. The third kappa shape index (κ3) is 5.73. The molecule has 2 heterocycles. The van der Waals surface area contributed by atoms with Gasteiger partial charge in [-0.15, -0.1) is 0 Å². The molecule has 118 valence electrons. The lowest BCUT2D eigenvalue weighted by atomic mass is 10.2. The zero-order valence-electron chi connectivity index (χ0n) is 13.6. The topological polar surface area (TPSA) is 37.4 Å². The average Bonchev–Trinajstić information content (AvgIpc) is 2.47. The Hall–Kier alpha value is -0.970. The monoisotopic (exact) mass is 291 g/mol. The molecule has 4 nitrogen and oxygen atoms in total. The number of rotatable bonds is 7. The van der Waals surface area contributed by atoms with E-state index in [0.29, 0.717) is 12.0 Å². The number of ether oxygens (including phenoxy) is 1. The van der Waals surface area contributed by atoms with Gasteiger partial charge in [-0.25, -0.2) is 0 Å². The van der Waals surface area contributed by atoms with Gasteiger partial charge in [-0.1, -0.05) is 26.8 Å². The summed E-state index contributed by atoms with van der Waals surface area (Å²) in [6.45, 7) is 12.3. The van der Waals surface area contributed by atoms with Gasteiger partial charge in [0.2, 0.25) is 0 Å². The molecule has 1 atom stereocenters. The maximum Gasteiger partial charge on any atom is 0.0700 e. The van der Waals surface area contributed by atoms with Crippen molar-refractivity contribution in [3.63, 3.8) is 0 Å². The number of hydrogen-bond acceptors (Lipinski definition) is 4. The summed E-state index contributed by atoms with van der Waals surface area (Å²) < 4.78 is 5.72. The van der Waals surface area contributed by atoms with Gasteiger partial charge in [0.1, 0.15) is 0 Å². The van der Waals surface area contributed by atoms with E-state index in [-0.39, 0.29) is 0 Å². The number of pyridine rings is 1. The Balaban J connectivity index is 1.85. The Kier molecular flexibility index (Phi) is 6.61. The minimum Gasteiger partial charge on any atom is -0.376 e. The minimum absolute atomic E-state index is 0.384. The molecule has 0 bridgehead atoms. The van der Waals surface area contributed by atoms with Crippen molar-refractivity contribution in [2.45, 2.75) is 46.4 Å². The molecule has 0 amide bonds. The molecule has 2 rings (SSSR count). The van der Waals surface area contributed by atoms with E-state index in [4.69, 9.17) is 9.72 Å². The van der Waals surface area contributed by atoms with Crippen LogP contribution in [0.4, 0.5) is 0 Å². The second-order valence-electron chi connectivity index (χ2n) is 6.28. The Morgan fingerprint density at radius 3 is 2.95 bits per heavy atom. The maximum absolute atomic E-state index is 5.72. The van der Waals surface area contributed by atoms with Crippen LogP contribution in [-0.4, -0.2) is 42.2 Å². The van der Waals surface area contributed by atoms with E-state index in [9.17, 15) is 0 Å². The molecule has 1 aromatic heterocycles. The fourth-order valence-electron chi connectivity index (χ4n) is 2.60. The van der Waals surface area contributed by atoms with Gasteiger partial charge in [-0.2, -0.15) is 0 Å². The normalized spacial score (nSPS) is 20.1. The Morgan fingerprint density at radius 1 is 1.38 bits per heavy atom. The summed E-state index contributed by atoms with van der Waals surface area (Å²) in [6.07, 6.45) is 1.47. The van der Waals surface area contributed by atoms with E-state index >= 15 is 0 Å². The van der Waals surface area contributed by atoms with Crippen LogP contribution in [0.15, 0.2) is 18.2 Å². The van der Waals surface area contributed by atoms with Crippen LogP contribution in [0.1, 0.15) is 38.6 Å². The summed E-state index contributed by atoms with van der Waals surface area (Å²) in [5.41, 5.74) is 2.30. The number of morpholine rings is 1. The van der Waals surface area contributed by atoms with Gasteiger partial charge in [0.15, 0.2) is 0 Å². The van der Waals surface area contributed by atoms with Crippen LogP contribution in [0.5, 0.6) is 0 Å². The van der Waals surface area contributed by atoms with Crippen LogP contribution in [-0.2, 0) is 17.8 Å². The highest BCUT2D eigenvalue weighted by atomic mass is 16.5. The van der Waals surface area contributed by atoms with Crippen LogP contribution < -0.4 is 5.32 Å².